The SMILES string of the molecule is CCC(CN)c1ccc(C(O)C23CC(C)CC(CC(C)C2)C3)cc1. The fourth-order valence-electron chi connectivity index (χ4n) is 5.96. The lowest BCUT2D eigenvalue weighted by atomic mass is 9.54. The second kappa shape index (κ2) is 7.17. The van der Waals surface area contributed by atoms with Gasteiger partial charge in [-0.2, -0.15) is 0 Å². The fraction of sp³-hybridized carbons (Fsp3) is 0.727. The van der Waals surface area contributed by atoms with Gasteiger partial charge in [-0.05, 0) is 79.9 Å². The number of hydrogen-bond acceptors (Lipinski definition) is 2. The Morgan fingerprint density at radius 2 is 1.58 bits per heavy atom. The predicted molar refractivity (Wildman–Crippen MR) is 101 cm³/mol. The highest BCUT2D eigenvalue weighted by Crippen LogP contribution is 2.58. The van der Waals surface area contributed by atoms with Gasteiger partial charge in [0.05, 0.1) is 6.10 Å². The summed E-state index contributed by atoms with van der Waals surface area (Å²) >= 11 is 0. The Bertz CT molecular complexity index is 514. The molecule has 0 aromatic heterocycles. The van der Waals surface area contributed by atoms with Gasteiger partial charge in [0.2, 0.25) is 0 Å². The Balaban J connectivity index is 1.83. The maximum atomic E-state index is 11.3. The molecule has 0 saturated heterocycles. The van der Waals surface area contributed by atoms with Gasteiger partial charge in [0.1, 0.15) is 0 Å². The maximum Gasteiger partial charge on any atom is 0.0846 e. The summed E-state index contributed by atoms with van der Waals surface area (Å²) in [6.07, 6.45) is 7.02. The van der Waals surface area contributed by atoms with Crippen LogP contribution in [-0.2, 0) is 0 Å². The molecule has 24 heavy (non-hydrogen) atoms. The van der Waals surface area contributed by atoms with Crippen LogP contribution < -0.4 is 5.73 Å². The van der Waals surface area contributed by atoms with E-state index in [9.17, 15) is 5.11 Å². The third kappa shape index (κ3) is 3.41. The van der Waals surface area contributed by atoms with Crippen LogP contribution in [0.15, 0.2) is 24.3 Å². The van der Waals surface area contributed by atoms with Crippen LogP contribution in [0.25, 0.3) is 0 Å². The summed E-state index contributed by atoms with van der Waals surface area (Å²) in [5, 5.41) is 11.3. The van der Waals surface area contributed by atoms with Crippen molar-refractivity contribution >= 4 is 0 Å². The van der Waals surface area contributed by atoms with E-state index in [0.717, 1.165) is 29.7 Å². The van der Waals surface area contributed by atoms with E-state index in [1.54, 1.807) is 0 Å². The van der Waals surface area contributed by atoms with Crippen molar-refractivity contribution < 1.29 is 5.11 Å². The van der Waals surface area contributed by atoms with Crippen molar-refractivity contribution in [3.63, 3.8) is 0 Å². The number of fused-ring (bicyclic) bond motifs is 2. The van der Waals surface area contributed by atoms with Gasteiger partial charge in [0.15, 0.2) is 0 Å². The molecule has 2 saturated carbocycles. The summed E-state index contributed by atoms with van der Waals surface area (Å²) in [6, 6.07) is 8.68. The van der Waals surface area contributed by atoms with E-state index in [1.165, 1.54) is 37.7 Å². The van der Waals surface area contributed by atoms with Gasteiger partial charge in [-0.1, -0.05) is 45.0 Å². The largest absolute Gasteiger partial charge is 0.388 e. The highest BCUT2D eigenvalue weighted by Gasteiger charge is 2.48. The molecule has 4 atom stereocenters. The molecule has 0 aliphatic heterocycles. The molecular weight excluding hydrogens is 294 g/mol. The zero-order valence-corrected chi connectivity index (χ0v) is 15.7. The molecule has 3 rings (SSSR count). The Hall–Kier alpha value is -0.860. The van der Waals surface area contributed by atoms with E-state index >= 15 is 0 Å². The first-order chi connectivity index (χ1) is 11.5. The van der Waals surface area contributed by atoms with E-state index in [2.05, 4.69) is 45.0 Å². The number of hydrogen-bond donors (Lipinski definition) is 2. The standard InChI is InChI=1S/C22H35NO/c1-4-18(14-23)19-5-7-20(8-6-19)21(24)22-11-15(2)9-17(13-22)10-16(3)12-22/h5-8,15-18,21,24H,4,9-14,23H2,1-3H3. The average Bonchev–Trinajstić information content (AvgIpc) is 2.54. The number of nitrogens with two attached hydrogens (primary N) is 1. The Kier molecular flexibility index (Phi) is 5.36. The predicted octanol–water partition coefficient (Wildman–Crippen LogP) is 5.02. The minimum atomic E-state index is -0.322. The van der Waals surface area contributed by atoms with Crippen molar-refractivity contribution in [1.29, 1.82) is 0 Å². The summed E-state index contributed by atoms with van der Waals surface area (Å²) in [7, 11) is 0. The summed E-state index contributed by atoms with van der Waals surface area (Å²) in [6.45, 7) is 7.63. The third-order valence-corrected chi connectivity index (χ3v) is 6.76. The number of aliphatic hydroxyl groups excluding tert-OH is 1. The highest BCUT2D eigenvalue weighted by molar-refractivity contribution is 5.28. The second-order valence-corrected chi connectivity index (χ2v) is 8.93. The van der Waals surface area contributed by atoms with Gasteiger partial charge in [-0.3, -0.25) is 0 Å². The quantitative estimate of drug-likeness (QED) is 0.796. The molecule has 2 aliphatic rings. The summed E-state index contributed by atoms with van der Waals surface area (Å²) in [5.74, 6) is 2.73. The zero-order chi connectivity index (χ0) is 17.3. The molecule has 0 heterocycles. The molecule has 0 amide bonds. The van der Waals surface area contributed by atoms with E-state index in [4.69, 9.17) is 5.73 Å². The smallest absolute Gasteiger partial charge is 0.0846 e. The van der Waals surface area contributed by atoms with Crippen molar-refractivity contribution in [2.45, 2.75) is 71.3 Å². The number of aliphatic hydroxyl groups is 1. The normalized spacial score (nSPS) is 35.5. The summed E-state index contributed by atoms with van der Waals surface area (Å²) in [5.41, 5.74) is 8.38. The minimum absolute atomic E-state index is 0.0968. The van der Waals surface area contributed by atoms with Gasteiger partial charge in [0.25, 0.3) is 0 Å². The van der Waals surface area contributed by atoms with E-state index in [1.807, 2.05) is 0 Å². The molecule has 1 aromatic rings. The van der Waals surface area contributed by atoms with Crippen molar-refractivity contribution in [1.82, 2.24) is 0 Å². The Morgan fingerprint density at radius 3 is 2.08 bits per heavy atom. The molecule has 2 aliphatic carbocycles. The van der Waals surface area contributed by atoms with Crippen LogP contribution in [0.1, 0.15) is 82.4 Å². The van der Waals surface area contributed by atoms with E-state index in [0.29, 0.717) is 12.5 Å². The van der Waals surface area contributed by atoms with Gasteiger partial charge in [-0.25, -0.2) is 0 Å². The molecule has 134 valence electrons. The summed E-state index contributed by atoms with van der Waals surface area (Å²) in [4.78, 5) is 0. The lowest BCUT2D eigenvalue weighted by Crippen LogP contribution is -2.43. The second-order valence-electron chi connectivity index (χ2n) is 8.93. The molecule has 1 aromatic carbocycles. The third-order valence-electron chi connectivity index (χ3n) is 6.76. The lowest BCUT2D eigenvalue weighted by molar-refractivity contribution is -0.0797. The van der Waals surface area contributed by atoms with Gasteiger partial charge >= 0.3 is 0 Å². The molecule has 2 heteroatoms. The van der Waals surface area contributed by atoms with Crippen molar-refractivity contribution in [2.75, 3.05) is 6.54 Å². The Labute approximate surface area is 147 Å². The van der Waals surface area contributed by atoms with Crippen LogP contribution in [-0.4, -0.2) is 11.7 Å². The monoisotopic (exact) mass is 329 g/mol. The lowest BCUT2D eigenvalue weighted by Gasteiger charge is -2.52. The van der Waals surface area contributed by atoms with Gasteiger partial charge in [0, 0.05) is 5.41 Å². The van der Waals surface area contributed by atoms with Crippen LogP contribution >= 0.6 is 0 Å². The first-order valence-corrected chi connectivity index (χ1v) is 9.95. The highest BCUT2D eigenvalue weighted by atomic mass is 16.3. The average molecular weight is 330 g/mol. The topological polar surface area (TPSA) is 46.2 Å². The molecule has 3 N–H and O–H groups in total. The van der Waals surface area contributed by atoms with Crippen LogP contribution in [0, 0.1) is 23.2 Å². The molecule has 0 spiro atoms. The number of benzene rings is 1. The zero-order valence-electron chi connectivity index (χ0n) is 15.7. The van der Waals surface area contributed by atoms with Gasteiger partial charge < -0.3 is 10.8 Å². The maximum absolute atomic E-state index is 11.3. The molecular formula is C22H35NO. The van der Waals surface area contributed by atoms with E-state index < -0.39 is 0 Å². The van der Waals surface area contributed by atoms with Gasteiger partial charge in [-0.15, -0.1) is 0 Å². The van der Waals surface area contributed by atoms with Crippen molar-refractivity contribution in [3.8, 4) is 0 Å². The summed E-state index contributed by atoms with van der Waals surface area (Å²) < 4.78 is 0. The van der Waals surface area contributed by atoms with Crippen molar-refractivity contribution in [2.24, 2.45) is 28.9 Å². The van der Waals surface area contributed by atoms with Crippen LogP contribution in [0.2, 0.25) is 0 Å². The molecule has 2 nitrogen and oxygen atoms in total. The van der Waals surface area contributed by atoms with Crippen LogP contribution in [0.3, 0.4) is 0 Å². The number of rotatable bonds is 5. The minimum Gasteiger partial charge on any atom is -0.388 e. The molecule has 2 fully saturated rings. The van der Waals surface area contributed by atoms with E-state index in [-0.39, 0.29) is 11.5 Å². The fourth-order valence-corrected chi connectivity index (χ4v) is 5.96. The van der Waals surface area contributed by atoms with Crippen LogP contribution in [0.5, 0.6) is 0 Å². The molecule has 2 bridgehead atoms. The Morgan fingerprint density at radius 1 is 1.04 bits per heavy atom. The molecule has 4 unspecified atom stereocenters. The van der Waals surface area contributed by atoms with Crippen LogP contribution in [0.4, 0.5) is 0 Å². The first-order valence-electron chi connectivity index (χ1n) is 9.95. The molecule has 0 radical (unpaired) electrons. The first kappa shape index (κ1) is 17.9. The van der Waals surface area contributed by atoms with Crippen molar-refractivity contribution in [3.05, 3.63) is 35.4 Å².